The predicted octanol–water partition coefficient (Wildman–Crippen LogP) is 8.13. The van der Waals surface area contributed by atoms with Crippen LogP contribution in [0, 0.1) is 6.92 Å². The summed E-state index contributed by atoms with van der Waals surface area (Å²) >= 11 is 12.5. The van der Waals surface area contributed by atoms with Gasteiger partial charge in [0.2, 0.25) is 5.75 Å². The van der Waals surface area contributed by atoms with Crippen LogP contribution in [0.2, 0.25) is 26.7 Å². The van der Waals surface area contributed by atoms with E-state index in [2.05, 4.69) is 41.5 Å². The van der Waals surface area contributed by atoms with Crippen LogP contribution in [0.4, 0.5) is 0 Å². The molecule has 0 spiro atoms. The first kappa shape index (κ1) is 33.7. The monoisotopic (exact) mass is 631 g/mol. The molecular weight excluding hydrogens is 589 g/mol. The van der Waals surface area contributed by atoms with Crippen molar-refractivity contribution in [3.8, 4) is 11.5 Å². The average molecular weight is 633 g/mol. The molecule has 2 aromatic carbocycles. The summed E-state index contributed by atoms with van der Waals surface area (Å²) in [5.74, 6) is 0.816. The molecule has 0 saturated carbocycles. The molecule has 3 aromatic rings. The molecule has 0 saturated heterocycles. The number of rotatable bonds is 12. The Morgan fingerprint density at radius 2 is 1.50 bits per heavy atom. The Bertz CT molecular complexity index is 1410. The van der Waals surface area contributed by atoms with Gasteiger partial charge in [-0.3, -0.25) is 14.2 Å². The van der Waals surface area contributed by atoms with Gasteiger partial charge >= 0.3 is 0 Å². The third-order valence-corrected chi connectivity index (χ3v) is 14.4. The maximum atomic E-state index is 14.3. The number of carbonyl (C=O) groups is 1. The summed E-state index contributed by atoms with van der Waals surface area (Å²) in [6, 6.07) is 12.7. The summed E-state index contributed by atoms with van der Waals surface area (Å²) in [6.07, 6.45) is 0. The Hall–Kier alpha value is -2.81. The van der Waals surface area contributed by atoms with E-state index in [0.29, 0.717) is 22.4 Å². The number of halogens is 2. The Balaban J connectivity index is 2.20. The van der Waals surface area contributed by atoms with Gasteiger partial charge in [-0.2, -0.15) is 0 Å². The molecule has 42 heavy (non-hydrogen) atoms. The van der Waals surface area contributed by atoms with E-state index in [-0.39, 0.29) is 52.6 Å². The first-order valence-corrected chi connectivity index (χ1v) is 17.3. The minimum atomic E-state index is -2.63. The molecule has 1 heterocycles. The summed E-state index contributed by atoms with van der Waals surface area (Å²) in [4.78, 5) is 34.9. The van der Waals surface area contributed by atoms with Crippen LogP contribution in [-0.4, -0.2) is 42.3 Å². The number of methoxy groups -OCH3 is 1. The predicted molar refractivity (Wildman–Crippen MR) is 174 cm³/mol. The number of hydrogen-bond donors (Lipinski definition) is 0. The lowest BCUT2D eigenvalue weighted by Gasteiger charge is -2.42. The minimum Gasteiger partial charge on any atom is -0.537 e. The zero-order chi connectivity index (χ0) is 31.4. The first-order chi connectivity index (χ1) is 19.7. The lowest BCUT2D eigenvalue weighted by atomic mass is 10.2. The number of hydrogen-bond acceptors (Lipinski definition) is 5. The molecule has 0 aliphatic rings. The molecule has 0 N–H and O–H groups in total. The zero-order valence-corrected chi connectivity index (χ0v) is 28.6. The third kappa shape index (κ3) is 7.21. The van der Waals surface area contributed by atoms with Crippen LogP contribution in [0.15, 0.2) is 47.3 Å². The molecule has 0 unspecified atom stereocenters. The molecular formula is C32H43Cl2N3O4Si. The fraction of sp³-hybridized carbons (Fsp3) is 0.469. The topological polar surface area (TPSA) is 73.7 Å². The Morgan fingerprint density at radius 3 is 1.98 bits per heavy atom. The van der Waals surface area contributed by atoms with Crippen LogP contribution in [0.1, 0.15) is 75.9 Å². The van der Waals surface area contributed by atoms with Crippen LogP contribution in [0.3, 0.4) is 0 Å². The fourth-order valence-corrected chi connectivity index (χ4v) is 11.7. The van der Waals surface area contributed by atoms with Gasteiger partial charge in [-0.25, -0.2) is 4.98 Å². The Morgan fingerprint density at radius 1 is 0.952 bits per heavy atom. The largest absolute Gasteiger partial charge is 0.537 e. The first-order valence-electron chi connectivity index (χ1n) is 14.4. The zero-order valence-electron chi connectivity index (χ0n) is 26.1. The van der Waals surface area contributed by atoms with Crippen molar-refractivity contribution in [1.82, 2.24) is 14.5 Å². The quantitative estimate of drug-likeness (QED) is 0.189. The number of ether oxygens (including phenoxy) is 1. The molecule has 0 aliphatic carbocycles. The van der Waals surface area contributed by atoms with Crippen molar-refractivity contribution in [3.05, 3.63) is 85.5 Å². The van der Waals surface area contributed by atoms with E-state index in [1.54, 1.807) is 41.7 Å². The molecule has 0 atom stereocenters. The second kappa shape index (κ2) is 14.1. The van der Waals surface area contributed by atoms with E-state index in [1.807, 2.05) is 31.2 Å². The third-order valence-electron chi connectivity index (χ3n) is 7.97. The fourth-order valence-electron chi connectivity index (χ4n) is 5.91. The maximum absolute atomic E-state index is 14.3. The highest BCUT2D eigenvalue weighted by Gasteiger charge is 2.48. The van der Waals surface area contributed by atoms with Gasteiger partial charge in [0.15, 0.2) is 5.69 Å². The van der Waals surface area contributed by atoms with Gasteiger partial charge in [-0.15, -0.1) is 0 Å². The molecule has 1 amide bonds. The molecule has 0 fully saturated rings. The van der Waals surface area contributed by atoms with Crippen molar-refractivity contribution >= 4 is 37.4 Å². The van der Waals surface area contributed by atoms with Crippen molar-refractivity contribution in [2.75, 3.05) is 13.7 Å². The number of nitrogens with zero attached hydrogens (tertiary/aromatic N) is 3. The van der Waals surface area contributed by atoms with Gasteiger partial charge in [0.25, 0.3) is 19.8 Å². The second-order valence-corrected chi connectivity index (χ2v) is 17.8. The van der Waals surface area contributed by atoms with Gasteiger partial charge in [0.05, 0.1) is 13.7 Å². The van der Waals surface area contributed by atoms with Crippen LogP contribution in [0.5, 0.6) is 11.5 Å². The van der Waals surface area contributed by atoms with Crippen LogP contribution in [-0.2, 0) is 13.1 Å². The van der Waals surface area contributed by atoms with Crippen molar-refractivity contribution in [3.63, 3.8) is 0 Å². The highest BCUT2D eigenvalue weighted by atomic mass is 35.5. The highest BCUT2D eigenvalue weighted by molar-refractivity contribution is 6.78. The Kier molecular flexibility index (Phi) is 11.3. The number of benzene rings is 2. The average Bonchev–Trinajstić information content (AvgIpc) is 2.92. The summed E-state index contributed by atoms with van der Waals surface area (Å²) in [7, 11) is -1.02. The SMILES string of the molecule is CCN(Cc1cc(Cl)cc(Cl)c1)C(=O)c1nc(C)n(Cc2ccc(OC)cc2)c(=O)c1O[Si](C(C)C)(C(C)C)C(C)C. The summed E-state index contributed by atoms with van der Waals surface area (Å²) in [5, 5.41) is 0.975. The molecule has 0 radical (unpaired) electrons. The standard InChI is InChI=1S/C32H43Cl2N3O4Si/c1-10-36(18-25-15-26(33)17-27(34)16-25)31(38)29-30(41-42(20(2)3,21(4)5)22(6)7)32(39)37(23(8)35-29)19-24-11-13-28(40-9)14-12-24/h11-17,20-22H,10,18-19H2,1-9H3. The van der Waals surface area contributed by atoms with E-state index in [0.717, 1.165) is 16.9 Å². The molecule has 228 valence electrons. The minimum absolute atomic E-state index is 0.0319. The number of carbonyl (C=O) groups excluding carboxylic acids is 1. The van der Waals surface area contributed by atoms with E-state index in [9.17, 15) is 9.59 Å². The molecule has 7 nitrogen and oxygen atoms in total. The molecule has 0 aliphatic heterocycles. The van der Waals surface area contributed by atoms with Crippen molar-refractivity contribution in [1.29, 1.82) is 0 Å². The van der Waals surface area contributed by atoms with E-state index in [4.69, 9.17) is 37.3 Å². The Labute approximate surface area is 260 Å². The van der Waals surface area contributed by atoms with Gasteiger partial charge in [-0.1, -0.05) is 76.9 Å². The smallest absolute Gasteiger partial charge is 0.295 e. The van der Waals surface area contributed by atoms with Crippen molar-refractivity contribution in [2.45, 2.75) is 85.1 Å². The van der Waals surface area contributed by atoms with Crippen LogP contribution >= 0.6 is 23.2 Å². The maximum Gasteiger partial charge on any atom is 0.295 e. The van der Waals surface area contributed by atoms with Gasteiger partial charge < -0.3 is 14.1 Å². The van der Waals surface area contributed by atoms with Crippen molar-refractivity contribution < 1.29 is 14.0 Å². The molecule has 10 heteroatoms. The molecule has 0 bridgehead atoms. The summed E-state index contributed by atoms with van der Waals surface area (Å²) in [6.45, 7) is 17.4. The molecule has 3 rings (SSSR count). The van der Waals surface area contributed by atoms with Gasteiger partial charge in [0, 0.05) is 23.1 Å². The van der Waals surface area contributed by atoms with Crippen LogP contribution < -0.4 is 14.7 Å². The lowest BCUT2D eigenvalue weighted by molar-refractivity contribution is 0.0743. The van der Waals surface area contributed by atoms with Gasteiger partial charge in [-0.05, 0) is 71.9 Å². The van der Waals surface area contributed by atoms with Crippen molar-refractivity contribution in [2.24, 2.45) is 0 Å². The normalized spacial score (nSPS) is 11.9. The number of aryl methyl sites for hydroxylation is 1. The number of aromatic nitrogens is 2. The molecule has 1 aromatic heterocycles. The highest BCUT2D eigenvalue weighted by Crippen LogP contribution is 2.42. The summed E-state index contributed by atoms with van der Waals surface area (Å²) < 4.78 is 13.8. The number of amides is 1. The summed E-state index contributed by atoms with van der Waals surface area (Å²) in [5.41, 5.74) is 1.93. The lowest BCUT2D eigenvalue weighted by Crippen LogP contribution is -2.52. The van der Waals surface area contributed by atoms with E-state index >= 15 is 0 Å². The second-order valence-electron chi connectivity index (χ2n) is 11.6. The van der Waals surface area contributed by atoms with Gasteiger partial charge in [0.1, 0.15) is 11.6 Å². The van der Waals surface area contributed by atoms with E-state index < -0.39 is 8.32 Å². The van der Waals surface area contributed by atoms with E-state index in [1.165, 1.54) is 0 Å². The van der Waals surface area contributed by atoms with Crippen LogP contribution in [0.25, 0.3) is 0 Å².